The molecule has 0 saturated heterocycles. The van der Waals surface area contributed by atoms with Crippen LogP contribution in [0.3, 0.4) is 0 Å². The van der Waals surface area contributed by atoms with Crippen LogP contribution < -0.4 is 10.5 Å². The summed E-state index contributed by atoms with van der Waals surface area (Å²) in [5, 5.41) is 0.949. The average Bonchev–Trinajstić information content (AvgIpc) is 2.48. The first-order valence-electron chi connectivity index (χ1n) is 6.19. The first-order chi connectivity index (χ1) is 9.40. The average molecular weight is 275 g/mol. The van der Waals surface area contributed by atoms with Crippen LogP contribution in [0.1, 0.15) is 12.0 Å². The van der Waals surface area contributed by atoms with E-state index in [1.54, 1.807) is 30.4 Å². The van der Waals surface area contributed by atoms with Crippen LogP contribution in [0.25, 0.3) is 0 Å². The zero-order valence-electron chi connectivity index (χ0n) is 10.7. The molecule has 2 rings (SSSR count). The predicted octanol–water partition coefficient (Wildman–Crippen LogP) is 2.50. The third-order valence-electron chi connectivity index (χ3n) is 2.53. The van der Waals surface area contributed by atoms with Gasteiger partial charge in [0.15, 0.2) is 0 Å². The van der Waals surface area contributed by atoms with E-state index >= 15 is 0 Å². The third-order valence-corrected chi connectivity index (χ3v) is 3.53. The Kier molecular flexibility index (Phi) is 5.65. The molecule has 5 heteroatoms. The van der Waals surface area contributed by atoms with Gasteiger partial charge in [-0.3, -0.25) is 4.98 Å². The molecule has 19 heavy (non-hydrogen) atoms. The van der Waals surface area contributed by atoms with Crippen LogP contribution >= 0.6 is 11.8 Å². The van der Waals surface area contributed by atoms with Gasteiger partial charge in [-0.25, -0.2) is 4.98 Å². The second-order valence-corrected chi connectivity index (χ2v) is 5.02. The van der Waals surface area contributed by atoms with Gasteiger partial charge in [0.25, 0.3) is 0 Å². The number of hydrogen-bond donors (Lipinski definition) is 1. The van der Waals surface area contributed by atoms with Crippen molar-refractivity contribution >= 4 is 11.8 Å². The summed E-state index contributed by atoms with van der Waals surface area (Å²) in [6.07, 6.45) is 6.11. The van der Waals surface area contributed by atoms with Gasteiger partial charge in [-0.05, 0) is 12.5 Å². The molecule has 2 N–H and O–H groups in total. The van der Waals surface area contributed by atoms with Crippen molar-refractivity contribution in [3.63, 3.8) is 0 Å². The lowest BCUT2D eigenvalue weighted by molar-refractivity contribution is 0.315. The highest BCUT2D eigenvalue weighted by atomic mass is 32.2. The lowest BCUT2D eigenvalue weighted by Crippen LogP contribution is -2.04. The van der Waals surface area contributed by atoms with Crippen LogP contribution in [-0.4, -0.2) is 22.3 Å². The lowest BCUT2D eigenvalue weighted by atomic mass is 10.2. The van der Waals surface area contributed by atoms with E-state index in [2.05, 4.69) is 9.97 Å². The molecule has 4 nitrogen and oxygen atoms in total. The minimum Gasteiger partial charge on any atom is -0.493 e. The number of hydrogen-bond acceptors (Lipinski definition) is 5. The fourth-order valence-electron chi connectivity index (χ4n) is 1.59. The summed E-state index contributed by atoms with van der Waals surface area (Å²) in [5.41, 5.74) is 6.70. The van der Waals surface area contributed by atoms with Gasteiger partial charge in [-0.15, -0.1) is 11.8 Å². The third kappa shape index (κ3) is 4.54. The van der Waals surface area contributed by atoms with Gasteiger partial charge < -0.3 is 10.5 Å². The van der Waals surface area contributed by atoms with E-state index in [-0.39, 0.29) is 0 Å². The van der Waals surface area contributed by atoms with Crippen molar-refractivity contribution in [3.05, 3.63) is 48.4 Å². The minimum atomic E-state index is 0.504. The molecule has 0 aliphatic rings. The van der Waals surface area contributed by atoms with Gasteiger partial charge in [0.1, 0.15) is 10.8 Å². The molecule has 0 aliphatic heterocycles. The van der Waals surface area contributed by atoms with Gasteiger partial charge in [0, 0.05) is 30.3 Å². The summed E-state index contributed by atoms with van der Waals surface area (Å²) >= 11 is 1.69. The molecule has 100 valence electrons. The number of aromatic nitrogens is 2. The van der Waals surface area contributed by atoms with E-state index in [1.165, 1.54) is 0 Å². The second-order valence-electron chi connectivity index (χ2n) is 3.91. The van der Waals surface area contributed by atoms with Crippen molar-refractivity contribution in [2.24, 2.45) is 5.73 Å². The maximum absolute atomic E-state index is 5.74. The normalized spacial score (nSPS) is 10.4. The zero-order valence-corrected chi connectivity index (χ0v) is 11.5. The smallest absolute Gasteiger partial charge is 0.123 e. The van der Waals surface area contributed by atoms with Gasteiger partial charge in [-0.1, -0.05) is 18.2 Å². The molecule has 0 unspecified atom stereocenters. The molecule has 0 bridgehead atoms. The number of nitrogens with zero attached hydrogens (tertiary/aromatic N) is 2. The van der Waals surface area contributed by atoms with Crippen LogP contribution in [0.5, 0.6) is 5.75 Å². The van der Waals surface area contributed by atoms with Gasteiger partial charge >= 0.3 is 0 Å². The molecule has 0 spiro atoms. The van der Waals surface area contributed by atoms with Gasteiger partial charge in [0.2, 0.25) is 0 Å². The van der Waals surface area contributed by atoms with E-state index < -0.39 is 0 Å². The molecular weight excluding hydrogens is 258 g/mol. The van der Waals surface area contributed by atoms with Gasteiger partial charge in [-0.2, -0.15) is 0 Å². The number of benzene rings is 1. The number of rotatable bonds is 7. The topological polar surface area (TPSA) is 61.0 Å². The Bertz CT molecular complexity index is 493. The van der Waals surface area contributed by atoms with Gasteiger partial charge in [0.05, 0.1) is 12.8 Å². The molecule has 1 aromatic heterocycles. The van der Waals surface area contributed by atoms with E-state index in [9.17, 15) is 0 Å². The summed E-state index contributed by atoms with van der Waals surface area (Å²) in [6.45, 7) is 1.19. The molecule has 0 amide bonds. The second kappa shape index (κ2) is 7.76. The fourth-order valence-corrected chi connectivity index (χ4v) is 2.33. The molecule has 0 aliphatic carbocycles. The number of para-hydroxylation sites is 1. The molecule has 1 heterocycles. The van der Waals surface area contributed by atoms with Crippen LogP contribution in [0, 0.1) is 0 Å². The molecule has 0 saturated carbocycles. The van der Waals surface area contributed by atoms with Crippen molar-refractivity contribution in [1.82, 2.24) is 9.97 Å². The Labute approximate surface area is 117 Å². The molecule has 0 radical (unpaired) electrons. The molecule has 1 aromatic carbocycles. The van der Waals surface area contributed by atoms with E-state index in [0.717, 1.165) is 28.5 Å². The van der Waals surface area contributed by atoms with E-state index in [0.29, 0.717) is 13.2 Å². The highest BCUT2D eigenvalue weighted by Crippen LogP contribution is 2.18. The predicted molar refractivity (Wildman–Crippen MR) is 77.2 cm³/mol. The quantitative estimate of drug-likeness (QED) is 0.621. The van der Waals surface area contributed by atoms with Crippen molar-refractivity contribution in [3.8, 4) is 5.75 Å². The number of ether oxygens (including phenoxy) is 1. The first kappa shape index (κ1) is 13.8. The standard InChI is InChI=1S/C14H17N3OS/c15-10-12-4-1-2-5-13(12)18-8-3-9-19-14-11-16-6-7-17-14/h1-2,4-7,11H,3,8-10,15H2. The largest absolute Gasteiger partial charge is 0.493 e. The summed E-state index contributed by atoms with van der Waals surface area (Å²) in [5.74, 6) is 1.85. The van der Waals surface area contributed by atoms with Crippen molar-refractivity contribution in [2.75, 3.05) is 12.4 Å². The van der Waals surface area contributed by atoms with Crippen molar-refractivity contribution < 1.29 is 4.74 Å². The summed E-state index contributed by atoms with van der Waals surface area (Å²) in [7, 11) is 0. The van der Waals surface area contributed by atoms with Crippen LogP contribution in [0.4, 0.5) is 0 Å². The first-order valence-corrected chi connectivity index (χ1v) is 7.18. The lowest BCUT2D eigenvalue weighted by Gasteiger charge is -2.09. The van der Waals surface area contributed by atoms with Crippen LogP contribution in [-0.2, 0) is 6.54 Å². The fraction of sp³-hybridized carbons (Fsp3) is 0.286. The van der Waals surface area contributed by atoms with Crippen molar-refractivity contribution in [1.29, 1.82) is 0 Å². The molecule has 2 aromatic rings. The zero-order chi connectivity index (χ0) is 13.3. The summed E-state index contributed by atoms with van der Waals surface area (Å²) in [4.78, 5) is 8.23. The van der Waals surface area contributed by atoms with Crippen LogP contribution in [0.2, 0.25) is 0 Å². The Hall–Kier alpha value is -1.59. The summed E-state index contributed by atoms with van der Waals surface area (Å²) < 4.78 is 5.74. The number of thioether (sulfide) groups is 1. The van der Waals surface area contributed by atoms with Crippen molar-refractivity contribution in [2.45, 2.75) is 18.0 Å². The molecular formula is C14H17N3OS. The van der Waals surface area contributed by atoms with E-state index in [4.69, 9.17) is 10.5 Å². The van der Waals surface area contributed by atoms with E-state index in [1.807, 2.05) is 24.3 Å². The Morgan fingerprint density at radius 3 is 2.89 bits per heavy atom. The highest BCUT2D eigenvalue weighted by Gasteiger charge is 2.00. The Balaban J connectivity index is 1.69. The highest BCUT2D eigenvalue weighted by molar-refractivity contribution is 7.99. The Morgan fingerprint density at radius 2 is 2.11 bits per heavy atom. The molecule has 0 fully saturated rings. The Morgan fingerprint density at radius 1 is 1.21 bits per heavy atom. The summed E-state index contributed by atoms with van der Waals surface area (Å²) in [6, 6.07) is 7.88. The maximum atomic E-state index is 5.74. The minimum absolute atomic E-state index is 0.504. The number of nitrogens with two attached hydrogens (primary N) is 1. The SMILES string of the molecule is NCc1ccccc1OCCCSc1cnccn1. The molecule has 0 atom stereocenters. The maximum Gasteiger partial charge on any atom is 0.123 e. The van der Waals surface area contributed by atoms with Crippen LogP contribution in [0.15, 0.2) is 47.9 Å². The monoisotopic (exact) mass is 275 g/mol.